The summed E-state index contributed by atoms with van der Waals surface area (Å²) < 4.78 is 19.0. The zero-order chi connectivity index (χ0) is 13.1. The van der Waals surface area contributed by atoms with E-state index in [1.165, 1.54) is 36.5 Å². The van der Waals surface area contributed by atoms with Crippen molar-refractivity contribution < 1.29 is 19.0 Å². The molecule has 0 atom stereocenters. The van der Waals surface area contributed by atoms with Gasteiger partial charge in [0.25, 0.3) is 0 Å². The maximum Gasteiger partial charge on any atom is 0.354 e. The third-order valence-corrected chi connectivity index (χ3v) is 2.73. The van der Waals surface area contributed by atoms with Crippen molar-refractivity contribution in [2.24, 2.45) is 0 Å². The van der Waals surface area contributed by atoms with Gasteiger partial charge in [0.15, 0.2) is 5.69 Å². The quantitative estimate of drug-likeness (QED) is 0.943. The number of benzene rings is 1. The number of ether oxygens (including phenoxy) is 1. The Bertz CT molecular complexity index is 604. The van der Waals surface area contributed by atoms with E-state index in [4.69, 9.17) is 9.84 Å². The summed E-state index contributed by atoms with van der Waals surface area (Å²) in [5, 5.41) is 8.79. The molecule has 1 heterocycles. The molecule has 0 unspecified atom stereocenters. The monoisotopic (exact) mass is 311 g/mol. The highest BCUT2D eigenvalue weighted by molar-refractivity contribution is 9.10. The lowest BCUT2D eigenvalue weighted by molar-refractivity contribution is 0.0690. The molecule has 4 nitrogen and oxygen atoms in total. The van der Waals surface area contributed by atoms with Crippen molar-refractivity contribution in [3.8, 4) is 11.5 Å². The molecule has 0 radical (unpaired) electrons. The molecule has 0 saturated heterocycles. The number of hydrogen-bond donors (Lipinski definition) is 1. The SMILES string of the molecule is O=C(O)c1cc(Oc2cc(F)ccc2Br)ccn1. The van der Waals surface area contributed by atoms with Crippen molar-refractivity contribution in [3.05, 3.63) is 52.5 Å². The highest BCUT2D eigenvalue weighted by atomic mass is 79.9. The molecule has 2 aromatic rings. The Balaban J connectivity index is 2.31. The minimum Gasteiger partial charge on any atom is -0.477 e. The van der Waals surface area contributed by atoms with Gasteiger partial charge in [-0.1, -0.05) is 0 Å². The van der Waals surface area contributed by atoms with Crippen molar-refractivity contribution in [3.63, 3.8) is 0 Å². The van der Waals surface area contributed by atoms with Crippen LogP contribution in [0.2, 0.25) is 0 Å². The van der Waals surface area contributed by atoms with Crippen LogP contribution in [-0.4, -0.2) is 16.1 Å². The minimum atomic E-state index is -1.15. The molecule has 0 bridgehead atoms. The van der Waals surface area contributed by atoms with E-state index in [0.29, 0.717) is 4.47 Å². The predicted octanol–water partition coefficient (Wildman–Crippen LogP) is 3.47. The molecule has 2 rings (SSSR count). The van der Waals surface area contributed by atoms with Crippen LogP contribution in [0.25, 0.3) is 0 Å². The Morgan fingerprint density at radius 2 is 2.11 bits per heavy atom. The Morgan fingerprint density at radius 3 is 2.83 bits per heavy atom. The average molecular weight is 312 g/mol. The van der Waals surface area contributed by atoms with E-state index >= 15 is 0 Å². The summed E-state index contributed by atoms with van der Waals surface area (Å²) in [5.74, 6) is -1.06. The zero-order valence-electron chi connectivity index (χ0n) is 8.93. The fraction of sp³-hybridized carbons (Fsp3) is 0. The summed E-state index contributed by atoms with van der Waals surface area (Å²) >= 11 is 3.21. The molecular weight excluding hydrogens is 305 g/mol. The van der Waals surface area contributed by atoms with Gasteiger partial charge in [0.05, 0.1) is 4.47 Å². The number of halogens is 2. The maximum atomic E-state index is 13.1. The lowest BCUT2D eigenvalue weighted by Gasteiger charge is -2.07. The average Bonchev–Trinajstić information content (AvgIpc) is 2.34. The van der Waals surface area contributed by atoms with E-state index in [1.807, 2.05) is 0 Å². The minimum absolute atomic E-state index is 0.139. The number of aromatic carboxylic acids is 1. The van der Waals surface area contributed by atoms with Gasteiger partial charge in [-0.2, -0.15) is 0 Å². The van der Waals surface area contributed by atoms with Gasteiger partial charge in [0, 0.05) is 18.3 Å². The van der Waals surface area contributed by atoms with E-state index in [1.54, 1.807) is 0 Å². The van der Waals surface area contributed by atoms with Crippen LogP contribution in [0.1, 0.15) is 10.5 Å². The summed E-state index contributed by atoms with van der Waals surface area (Å²) in [6.07, 6.45) is 1.31. The smallest absolute Gasteiger partial charge is 0.354 e. The number of carboxylic acids is 1. The van der Waals surface area contributed by atoms with E-state index in [0.717, 1.165) is 0 Å². The van der Waals surface area contributed by atoms with Crippen molar-refractivity contribution in [1.82, 2.24) is 4.98 Å². The number of pyridine rings is 1. The summed E-state index contributed by atoms with van der Waals surface area (Å²) in [5.41, 5.74) is -0.139. The van der Waals surface area contributed by atoms with Crippen molar-refractivity contribution >= 4 is 21.9 Å². The number of hydrogen-bond acceptors (Lipinski definition) is 3. The van der Waals surface area contributed by atoms with E-state index in [2.05, 4.69) is 20.9 Å². The van der Waals surface area contributed by atoms with Crippen LogP contribution in [0.4, 0.5) is 4.39 Å². The number of aromatic nitrogens is 1. The molecule has 0 aliphatic rings. The standard InChI is InChI=1S/C12H7BrFNO3/c13-9-2-1-7(14)5-11(9)18-8-3-4-15-10(6-8)12(16)17/h1-6H,(H,16,17). The van der Waals surface area contributed by atoms with Gasteiger partial charge >= 0.3 is 5.97 Å². The largest absolute Gasteiger partial charge is 0.477 e. The van der Waals surface area contributed by atoms with Crippen LogP contribution in [0.15, 0.2) is 41.0 Å². The van der Waals surface area contributed by atoms with Crippen LogP contribution in [0.5, 0.6) is 11.5 Å². The highest BCUT2D eigenvalue weighted by Crippen LogP contribution is 2.30. The Kier molecular flexibility index (Phi) is 3.57. The number of rotatable bonds is 3. The zero-order valence-corrected chi connectivity index (χ0v) is 10.5. The molecule has 0 fully saturated rings. The fourth-order valence-corrected chi connectivity index (χ4v) is 1.60. The first-order valence-corrected chi connectivity index (χ1v) is 5.68. The molecule has 0 spiro atoms. The lowest BCUT2D eigenvalue weighted by Crippen LogP contribution is -1.99. The molecule has 92 valence electrons. The van der Waals surface area contributed by atoms with Gasteiger partial charge < -0.3 is 9.84 Å². The second-order valence-corrected chi connectivity index (χ2v) is 4.21. The highest BCUT2D eigenvalue weighted by Gasteiger charge is 2.08. The third kappa shape index (κ3) is 2.84. The molecule has 18 heavy (non-hydrogen) atoms. The van der Waals surface area contributed by atoms with Crippen molar-refractivity contribution in [1.29, 1.82) is 0 Å². The van der Waals surface area contributed by atoms with Gasteiger partial charge in [-0.15, -0.1) is 0 Å². The van der Waals surface area contributed by atoms with E-state index in [9.17, 15) is 9.18 Å². The van der Waals surface area contributed by atoms with Gasteiger partial charge in [-0.05, 0) is 34.1 Å². The third-order valence-electron chi connectivity index (χ3n) is 2.07. The first-order valence-electron chi connectivity index (χ1n) is 4.88. The topological polar surface area (TPSA) is 59.4 Å². The summed E-state index contributed by atoms with van der Waals surface area (Å²) in [6.45, 7) is 0. The van der Waals surface area contributed by atoms with Crippen LogP contribution in [0.3, 0.4) is 0 Å². The summed E-state index contributed by atoms with van der Waals surface area (Å²) in [6, 6.07) is 6.74. The van der Waals surface area contributed by atoms with Crippen molar-refractivity contribution in [2.75, 3.05) is 0 Å². The molecular formula is C12H7BrFNO3. The summed E-state index contributed by atoms with van der Waals surface area (Å²) in [7, 11) is 0. The van der Waals surface area contributed by atoms with E-state index in [-0.39, 0.29) is 17.2 Å². The number of carbonyl (C=O) groups is 1. The fourth-order valence-electron chi connectivity index (χ4n) is 1.27. The molecule has 1 aromatic carbocycles. The van der Waals surface area contributed by atoms with Gasteiger partial charge in [0.1, 0.15) is 17.3 Å². The second kappa shape index (κ2) is 5.14. The molecule has 0 amide bonds. The molecule has 1 N–H and O–H groups in total. The first-order chi connectivity index (χ1) is 8.56. The second-order valence-electron chi connectivity index (χ2n) is 3.36. The van der Waals surface area contributed by atoms with Crippen molar-refractivity contribution in [2.45, 2.75) is 0 Å². The Morgan fingerprint density at radius 1 is 1.33 bits per heavy atom. The van der Waals surface area contributed by atoms with Gasteiger partial charge in [0.2, 0.25) is 0 Å². The van der Waals surface area contributed by atoms with Crippen LogP contribution in [-0.2, 0) is 0 Å². The maximum absolute atomic E-state index is 13.1. The normalized spacial score (nSPS) is 10.1. The molecule has 0 aliphatic carbocycles. The Hall–Kier alpha value is -1.95. The molecule has 1 aromatic heterocycles. The van der Waals surface area contributed by atoms with Crippen LogP contribution >= 0.6 is 15.9 Å². The number of carboxylic acid groups (broad SMARTS) is 1. The molecule has 6 heteroatoms. The number of nitrogens with zero attached hydrogens (tertiary/aromatic N) is 1. The summed E-state index contributed by atoms with van der Waals surface area (Å²) in [4.78, 5) is 14.4. The van der Waals surface area contributed by atoms with Gasteiger partial charge in [-0.3, -0.25) is 0 Å². The molecule has 0 saturated carbocycles. The molecule has 0 aliphatic heterocycles. The van der Waals surface area contributed by atoms with Crippen LogP contribution < -0.4 is 4.74 Å². The predicted molar refractivity (Wildman–Crippen MR) is 65.4 cm³/mol. The Labute approximate surface area is 110 Å². The lowest BCUT2D eigenvalue weighted by atomic mass is 10.3. The first kappa shape index (κ1) is 12.5. The van der Waals surface area contributed by atoms with E-state index < -0.39 is 11.8 Å². The van der Waals surface area contributed by atoms with Gasteiger partial charge in [-0.25, -0.2) is 14.2 Å². The van der Waals surface area contributed by atoms with Crippen LogP contribution in [0, 0.1) is 5.82 Å².